The third-order valence-corrected chi connectivity index (χ3v) is 3.86. The lowest BCUT2D eigenvalue weighted by Gasteiger charge is -2.24. The number of carbonyl (C=O) groups is 1. The molecular weight excluding hydrogens is 224 g/mol. The number of hydrogen-bond acceptors (Lipinski definition) is 2. The Morgan fingerprint density at radius 2 is 2.25 bits per heavy atom. The van der Waals surface area contributed by atoms with E-state index in [1.54, 1.807) is 11.7 Å². The van der Waals surface area contributed by atoms with Gasteiger partial charge in [0, 0.05) is 25.5 Å². The summed E-state index contributed by atoms with van der Waals surface area (Å²) in [5.74, 6) is 0.922. The predicted molar refractivity (Wildman–Crippen MR) is 63.6 cm³/mol. The minimum atomic E-state index is 0.294. The van der Waals surface area contributed by atoms with E-state index in [0.29, 0.717) is 29.7 Å². The maximum Gasteiger partial charge on any atom is 0.137 e. The normalized spacial score (nSPS) is 16.2. The second-order valence-corrected chi connectivity index (χ2v) is 5.05. The molecule has 0 atom stereocenters. The van der Waals surface area contributed by atoms with Crippen molar-refractivity contribution >= 4 is 17.4 Å². The Morgan fingerprint density at radius 3 is 2.69 bits per heavy atom. The van der Waals surface area contributed by atoms with Crippen LogP contribution in [0.25, 0.3) is 0 Å². The van der Waals surface area contributed by atoms with Crippen LogP contribution in [-0.2, 0) is 18.3 Å². The summed E-state index contributed by atoms with van der Waals surface area (Å²) in [6.07, 6.45) is 4.86. The van der Waals surface area contributed by atoms with E-state index in [1.807, 2.05) is 6.92 Å². The number of hydrogen-bond donors (Lipinski definition) is 0. The average Bonchev–Trinajstić information content (AvgIpc) is 2.39. The van der Waals surface area contributed by atoms with Crippen LogP contribution in [0, 0.1) is 12.8 Å². The van der Waals surface area contributed by atoms with Crippen LogP contribution in [0.15, 0.2) is 0 Å². The molecule has 1 aliphatic carbocycles. The zero-order chi connectivity index (χ0) is 11.7. The van der Waals surface area contributed by atoms with Gasteiger partial charge in [-0.2, -0.15) is 5.10 Å². The molecule has 0 aliphatic heterocycles. The van der Waals surface area contributed by atoms with Gasteiger partial charge in [-0.3, -0.25) is 9.48 Å². The van der Waals surface area contributed by atoms with Crippen molar-refractivity contribution < 1.29 is 4.79 Å². The van der Waals surface area contributed by atoms with Gasteiger partial charge in [0.2, 0.25) is 0 Å². The molecule has 0 amide bonds. The summed E-state index contributed by atoms with van der Waals surface area (Å²) in [5.41, 5.74) is 1.77. The van der Waals surface area contributed by atoms with Crippen molar-refractivity contribution in [1.29, 1.82) is 0 Å². The highest BCUT2D eigenvalue weighted by molar-refractivity contribution is 6.30. The molecule has 1 aliphatic rings. The summed E-state index contributed by atoms with van der Waals surface area (Å²) >= 11 is 6.09. The number of nitrogens with zero attached hydrogens (tertiary/aromatic N) is 2. The third kappa shape index (κ3) is 2.29. The van der Waals surface area contributed by atoms with Crippen LogP contribution in [-0.4, -0.2) is 15.6 Å². The SMILES string of the molecule is Cc1nn(C)c(Cl)c1CC(=O)CC1CCC1. The Kier molecular flexibility index (Phi) is 3.33. The topological polar surface area (TPSA) is 34.9 Å². The molecule has 0 bridgehead atoms. The summed E-state index contributed by atoms with van der Waals surface area (Å²) < 4.78 is 1.63. The van der Waals surface area contributed by atoms with Gasteiger partial charge in [-0.05, 0) is 12.8 Å². The maximum atomic E-state index is 11.8. The van der Waals surface area contributed by atoms with Crippen molar-refractivity contribution in [3.63, 3.8) is 0 Å². The quantitative estimate of drug-likeness (QED) is 0.811. The molecule has 0 unspecified atom stereocenters. The number of aromatic nitrogens is 2. The van der Waals surface area contributed by atoms with E-state index < -0.39 is 0 Å². The summed E-state index contributed by atoms with van der Waals surface area (Å²) in [4.78, 5) is 11.8. The summed E-state index contributed by atoms with van der Waals surface area (Å²) in [6.45, 7) is 1.90. The van der Waals surface area contributed by atoms with Gasteiger partial charge < -0.3 is 0 Å². The highest BCUT2D eigenvalue weighted by atomic mass is 35.5. The van der Waals surface area contributed by atoms with Gasteiger partial charge >= 0.3 is 0 Å². The lowest BCUT2D eigenvalue weighted by Crippen LogP contribution is -2.17. The van der Waals surface area contributed by atoms with Crippen molar-refractivity contribution in [2.24, 2.45) is 13.0 Å². The summed E-state index contributed by atoms with van der Waals surface area (Å²) in [7, 11) is 1.80. The smallest absolute Gasteiger partial charge is 0.137 e. The van der Waals surface area contributed by atoms with E-state index in [4.69, 9.17) is 11.6 Å². The highest BCUT2D eigenvalue weighted by Crippen LogP contribution is 2.30. The van der Waals surface area contributed by atoms with Gasteiger partial charge in [0.05, 0.1) is 5.69 Å². The van der Waals surface area contributed by atoms with E-state index in [1.165, 1.54) is 19.3 Å². The van der Waals surface area contributed by atoms with E-state index in [9.17, 15) is 4.79 Å². The van der Waals surface area contributed by atoms with Gasteiger partial charge in [-0.1, -0.05) is 30.9 Å². The monoisotopic (exact) mass is 240 g/mol. The molecule has 1 heterocycles. The van der Waals surface area contributed by atoms with Gasteiger partial charge in [0.1, 0.15) is 10.9 Å². The largest absolute Gasteiger partial charge is 0.299 e. The maximum absolute atomic E-state index is 11.8. The molecule has 1 aromatic rings. The Labute approximate surface area is 101 Å². The molecular formula is C12H17ClN2O. The molecule has 0 saturated heterocycles. The van der Waals surface area contributed by atoms with Crippen LogP contribution < -0.4 is 0 Å². The fourth-order valence-corrected chi connectivity index (χ4v) is 2.40. The van der Waals surface area contributed by atoms with Crippen molar-refractivity contribution in [2.45, 2.75) is 39.0 Å². The molecule has 0 radical (unpaired) electrons. The Hall–Kier alpha value is -0.830. The predicted octanol–water partition coefficient (Wildman–Crippen LogP) is 2.68. The molecule has 88 valence electrons. The van der Waals surface area contributed by atoms with Crippen LogP contribution in [0.3, 0.4) is 0 Å². The van der Waals surface area contributed by atoms with Gasteiger partial charge in [0.15, 0.2) is 0 Å². The molecule has 4 heteroatoms. The lowest BCUT2D eigenvalue weighted by molar-refractivity contribution is -0.119. The first-order valence-corrected chi connectivity index (χ1v) is 6.15. The van der Waals surface area contributed by atoms with Crippen molar-refractivity contribution in [3.05, 3.63) is 16.4 Å². The minimum Gasteiger partial charge on any atom is -0.299 e. The number of rotatable bonds is 4. The molecule has 0 aromatic carbocycles. The fraction of sp³-hybridized carbons (Fsp3) is 0.667. The lowest BCUT2D eigenvalue weighted by atomic mass is 9.81. The van der Waals surface area contributed by atoms with E-state index in [-0.39, 0.29) is 0 Å². The Balaban J connectivity index is 1.99. The summed E-state index contributed by atoms with van der Waals surface area (Å²) in [5, 5.41) is 4.81. The van der Waals surface area contributed by atoms with Crippen LogP contribution in [0.1, 0.15) is 36.9 Å². The number of ketones is 1. The highest BCUT2D eigenvalue weighted by Gasteiger charge is 2.22. The molecule has 0 spiro atoms. The van der Waals surface area contributed by atoms with E-state index >= 15 is 0 Å². The van der Waals surface area contributed by atoms with Gasteiger partial charge in [0.25, 0.3) is 0 Å². The van der Waals surface area contributed by atoms with Crippen LogP contribution >= 0.6 is 11.6 Å². The van der Waals surface area contributed by atoms with Gasteiger partial charge in [-0.25, -0.2) is 0 Å². The molecule has 3 nitrogen and oxygen atoms in total. The number of Topliss-reactive ketones (excluding diaryl/α,β-unsaturated/α-hetero) is 1. The molecule has 0 N–H and O–H groups in total. The number of aryl methyl sites for hydroxylation is 2. The van der Waals surface area contributed by atoms with Crippen LogP contribution in [0.4, 0.5) is 0 Å². The van der Waals surface area contributed by atoms with Crippen molar-refractivity contribution in [1.82, 2.24) is 9.78 Å². The second kappa shape index (κ2) is 4.58. The first-order chi connectivity index (χ1) is 7.58. The average molecular weight is 241 g/mol. The zero-order valence-corrected chi connectivity index (χ0v) is 10.5. The first-order valence-electron chi connectivity index (χ1n) is 5.77. The minimum absolute atomic E-state index is 0.294. The Morgan fingerprint density at radius 1 is 1.56 bits per heavy atom. The zero-order valence-electron chi connectivity index (χ0n) is 9.79. The standard InChI is InChI=1S/C12H17ClN2O/c1-8-11(12(13)15(2)14-8)7-10(16)6-9-4-3-5-9/h9H,3-7H2,1-2H3. The molecule has 2 rings (SSSR count). The van der Waals surface area contributed by atoms with Crippen molar-refractivity contribution in [2.75, 3.05) is 0 Å². The molecule has 1 fully saturated rings. The van der Waals surface area contributed by atoms with Crippen molar-refractivity contribution in [3.8, 4) is 0 Å². The van der Waals surface area contributed by atoms with Crippen LogP contribution in [0.5, 0.6) is 0 Å². The molecule has 1 saturated carbocycles. The summed E-state index contributed by atoms with van der Waals surface area (Å²) in [6, 6.07) is 0. The number of halogens is 1. The number of carbonyl (C=O) groups excluding carboxylic acids is 1. The first kappa shape index (κ1) is 11.6. The van der Waals surface area contributed by atoms with Gasteiger partial charge in [-0.15, -0.1) is 0 Å². The second-order valence-electron chi connectivity index (χ2n) is 4.69. The van der Waals surface area contributed by atoms with E-state index in [0.717, 1.165) is 11.3 Å². The third-order valence-electron chi connectivity index (χ3n) is 3.38. The molecule has 1 aromatic heterocycles. The van der Waals surface area contributed by atoms with E-state index in [2.05, 4.69) is 5.10 Å². The Bertz CT molecular complexity index is 407. The van der Waals surface area contributed by atoms with Crippen LogP contribution in [0.2, 0.25) is 5.15 Å². The molecule has 16 heavy (non-hydrogen) atoms. The fourth-order valence-electron chi connectivity index (χ4n) is 2.16.